The second-order valence-corrected chi connectivity index (χ2v) is 9.16. The molecule has 1 saturated heterocycles. The molecular formula is C25H27F3N6. The lowest BCUT2D eigenvalue weighted by atomic mass is 9.65. The minimum absolute atomic E-state index is 0.197. The molecule has 2 fully saturated rings. The van der Waals surface area contributed by atoms with Crippen molar-refractivity contribution < 1.29 is 13.2 Å². The number of alkyl halides is 1. The van der Waals surface area contributed by atoms with Gasteiger partial charge in [0, 0.05) is 42.9 Å². The van der Waals surface area contributed by atoms with Crippen LogP contribution in [0.3, 0.4) is 0 Å². The van der Waals surface area contributed by atoms with Gasteiger partial charge in [0.25, 0.3) is 0 Å². The SMILES string of the molecule is Fc1ccc(CNC2CCNC2)cc1-c1ccc(NCC2(c3ncccc3F)CC(F)C2)nn1. The third-order valence-electron chi connectivity index (χ3n) is 6.72. The van der Waals surface area contributed by atoms with E-state index in [1.807, 2.05) is 0 Å². The van der Waals surface area contributed by atoms with Gasteiger partial charge in [-0.3, -0.25) is 4.98 Å². The monoisotopic (exact) mass is 468 g/mol. The van der Waals surface area contributed by atoms with Crippen LogP contribution < -0.4 is 16.0 Å². The molecule has 178 valence electrons. The summed E-state index contributed by atoms with van der Waals surface area (Å²) in [5.74, 6) is -0.352. The predicted molar refractivity (Wildman–Crippen MR) is 124 cm³/mol. The molecule has 2 aromatic heterocycles. The van der Waals surface area contributed by atoms with Gasteiger partial charge < -0.3 is 16.0 Å². The summed E-state index contributed by atoms with van der Waals surface area (Å²) in [6.07, 6.45) is 2.01. The number of anilines is 1. The van der Waals surface area contributed by atoms with Crippen LogP contribution in [0.2, 0.25) is 0 Å². The molecule has 1 atom stereocenters. The Morgan fingerprint density at radius 3 is 2.65 bits per heavy atom. The minimum atomic E-state index is -0.980. The molecule has 1 aromatic carbocycles. The van der Waals surface area contributed by atoms with Gasteiger partial charge in [0.05, 0.1) is 11.4 Å². The highest BCUT2D eigenvalue weighted by atomic mass is 19.1. The van der Waals surface area contributed by atoms with Gasteiger partial charge in [0.2, 0.25) is 0 Å². The van der Waals surface area contributed by atoms with E-state index in [2.05, 4.69) is 31.1 Å². The Hall–Kier alpha value is -3.04. The summed E-state index contributed by atoms with van der Waals surface area (Å²) in [5, 5.41) is 18.3. The number of nitrogens with zero attached hydrogens (tertiary/aromatic N) is 3. The lowest BCUT2D eigenvalue weighted by Crippen LogP contribution is -2.49. The van der Waals surface area contributed by atoms with Gasteiger partial charge in [-0.1, -0.05) is 6.07 Å². The first kappa shape index (κ1) is 22.7. The molecule has 34 heavy (non-hydrogen) atoms. The quantitative estimate of drug-likeness (QED) is 0.468. The molecule has 1 aliphatic carbocycles. The highest BCUT2D eigenvalue weighted by Gasteiger charge is 2.48. The van der Waals surface area contributed by atoms with E-state index >= 15 is 0 Å². The summed E-state index contributed by atoms with van der Waals surface area (Å²) < 4.78 is 42.6. The first-order valence-electron chi connectivity index (χ1n) is 11.6. The van der Waals surface area contributed by atoms with Crippen molar-refractivity contribution in [3.8, 4) is 11.3 Å². The fourth-order valence-corrected chi connectivity index (χ4v) is 4.79. The number of halogens is 3. The number of nitrogens with one attached hydrogen (secondary N) is 3. The van der Waals surface area contributed by atoms with E-state index in [9.17, 15) is 13.2 Å². The molecule has 0 spiro atoms. The fourth-order valence-electron chi connectivity index (χ4n) is 4.79. The first-order valence-corrected chi connectivity index (χ1v) is 11.6. The van der Waals surface area contributed by atoms with Crippen molar-refractivity contribution in [2.45, 2.75) is 43.4 Å². The average Bonchev–Trinajstić information content (AvgIpc) is 3.35. The summed E-state index contributed by atoms with van der Waals surface area (Å²) in [6, 6.07) is 11.7. The zero-order chi connectivity index (χ0) is 23.5. The number of benzene rings is 1. The molecule has 2 aliphatic rings. The van der Waals surface area contributed by atoms with Crippen LogP contribution in [-0.2, 0) is 12.0 Å². The second kappa shape index (κ2) is 9.68. The molecule has 3 heterocycles. The van der Waals surface area contributed by atoms with E-state index in [1.165, 1.54) is 24.4 Å². The summed E-state index contributed by atoms with van der Waals surface area (Å²) in [5.41, 5.74) is 1.31. The van der Waals surface area contributed by atoms with Crippen LogP contribution in [0.1, 0.15) is 30.5 Å². The molecule has 1 aliphatic heterocycles. The van der Waals surface area contributed by atoms with E-state index in [0.717, 1.165) is 25.1 Å². The molecule has 1 unspecified atom stereocenters. The van der Waals surface area contributed by atoms with E-state index in [1.54, 1.807) is 24.3 Å². The average molecular weight is 469 g/mol. The minimum Gasteiger partial charge on any atom is -0.368 e. The lowest BCUT2D eigenvalue weighted by molar-refractivity contribution is 0.0964. The van der Waals surface area contributed by atoms with Gasteiger partial charge in [-0.2, -0.15) is 0 Å². The van der Waals surface area contributed by atoms with Crippen molar-refractivity contribution in [3.63, 3.8) is 0 Å². The Labute approximate surface area is 196 Å². The van der Waals surface area contributed by atoms with Gasteiger partial charge >= 0.3 is 0 Å². The van der Waals surface area contributed by atoms with Gasteiger partial charge in [-0.15, -0.1) is 10.2 Å². The number of hydrogen-bond acceptors (Lipinski definition) is 6. The van der Waals surface area contributed by atoms with Crippen LogP contribution in [0.25, 0.3) is 11.3 Å². The third-order valence-corrected chi connectivity index (χ3v) is 6.72. The summed E-state index contributed by atoms with van der Waals surface area (Å²) in [4.78, 5) is 4.16. The zero-order valence-corrected chi connectivity index (χ0v) is 18.7. The summed E-state index contributed by atoms with van der Waals surface area (Å²) in [6.45, 7) is 2.87. The molecule has 9 heteroatoms. The Balaban J connectivity index is 1.26. The standard InChI is InChI=1S/C25H27F3N6/c26-17-11-25(12-17,24-21(28)2-1-8-30-24)15-32-23-6-5-22(33-34-23)19-10-16(3-4-20(19)27)13-31-18-7-9-29-14-18/h1-6,8,10,17-18,29,31H,7,9,11-15H2,(H,32,34). The van der Waals surface area contributed by atoms with Crippen LogP contribution in [-0.4, -0.2) is 47.0 Å². The van der Waals surface area contributed by atoms with Gasteiger partial charge in [0.15, 0.2) is 0 Å². The lowest BCUT2D eigenvalue weighted by Gasteiger charge is -2.44. The molecule has 0 radical (unpaired) electrons. The topological polar surface area (TPSA) is 74.8 Å². The number of hydrogen-bond donors (Lipinski definition) is 3. The number of rotatable bonds is 8. The third kappa shape index (κ3) is 4.76. The van der Waals surface area contributed by atoms with E-state index < -0.39 is 17.4 Å². The van der Waals surface area contributed by atoms with E-state index in [4.69, 9.17) is 0 Å². The highest BCUT2D eigenvalue weighted by Crippen LogP contribution is 2.45. The number of pyridine rings is 1. The smallest absolute Gasteiger partial charge is 0.148 e. The maximum atomic E-state index is 14.5. The maximum absolute atomic E-state index is 14.5. The second-order valence-electron chi connectivity index (χ2n) is 9.16. The van der Waals surface area contributed by atoms with Crippen molar-refractivity contribution in [2.24, 2.45) is 0 Å². The Kier molecular flexibility index (Phi) is 6.47. The number of aromatic nitrogens is 3. The Bertz CT molecular complexity index is 1130. The summed E-state index contributed by atoms with van der Waals surface area (Å²) >= 11 is 0. The van der Waals surface area contributed by atoms with Crippen molar-refractivity contribution in [3.05, 3.63) is 71.6 Å². The molecule has 0 bridgehead atoms. The summed E-state index contributed by atoms with van der Waals surface area (Å²) in [7, 11) is 0. The van der Waals surface area contributed by atoms with Crippen molar-refractivity contribution >= 4 is 5.82 Å². The van der Waals surface area contributed by atoms with Gasteiger partial charge in [-0.05, 0) is 67.8 Å². The Morgan fingerprint density at radius 1 is 1.06 bits per heavy atom. The molecule has 3 N–H and O–H groups in total. The normalized spacial score (nSPS) is 24.1. The van der Waals surface area contributed by atoms with Crippen molar-refractivity contribution in [1.82, 2.24) is 25.8 Å². The maximum Gasteiger partial charge on any atom is 0.148 e. The fraction of sp³-hybridized carbons (Fsp3) is 0.400. The van der Waals surface area contributed by atoms with E-state index in [0.29, 0.717) is 29.7 Å². The van der Waals surface area contributed by atoms with Crippen LogP contribution in [0.15, 0.2) is 48.7 Å². The molecular weight excluding hydrogens is 441 g/mol. The van der Waals surface area contributed by atoms with Crippen molar-refractivity contribution in [1.29, 1.82) is 0 Å². The van der Waals surface area contributed by atoms with Crippen LogP contribution in [0.4, 0.5) is 19.0 Å². The van der Waals surface area contributed by atoms with Crippen LogP contribution in [0, 0.1) is 11.6 Å². The Morgan fingerprint density at radius 2 is 1.94 bits per heavy atom. The van der Waals surface area contributed by atoms with E-state index in [-0.39, 0.29) is 30.9 Å². The van der Waals surface area contributed by atoms with Crippen molar-refractivity contribution in [2.75, 3.05) is 25.0 Å². The molecule has 3 aromatic rings. The first-order chi connectivity index (χ1) is 16.5. The predicted octanol–water partition coefficient (Wildman–Crippen LogP) is 3.75. The molecule has 6 nitrogen and oxygen atoms in total. The molecule has 5 rings (SSSR count). The van der Waals surface area contributed by atoms with Crippen LogP contribution >= 0.6 is 0 Å². The van der Waals surface area contributed by atoms with Gasteiger partial charge in [-0.25, -0.2) is 13.2 Å². The zero-order valence-electron chi connectivity index (χ0n) is 18.7. The molecule has 1 saturated carbocycles. The molecule has 0 amide bonds. The van der Waals surface area contributed by atoms with Gasteiger partial charge in [0.1, 0.15) is 23.6 Å². The van der Waals surface area contributed by atoms with Crippen LogP contribution in [0.5, 0.6) is 0 Å². The highest BCUT2D eigenvalue weighted by molar-refractivity contribution is 5.61. The largest absolute Gasteiger partial charge is 0.368 e.